The lowest BCUT2D eigenvalue weighted by Gasteiger charge is -2.25. The number of carbonyl (C=O) groups excluding carboxylic acids is 1. The highest BCUT2D eigenvalue weighted by atomic mass is 35.5. The zero-order valence-corrected chi connectivity index (χ0v) is 19.0. The highest BCUT2D eigenvalue weighted by molar-refractivity contribution is 6.36. The molecule has 0 spiro atoms. The maximum absolute atomic E-state index is 13.1. The monoisotopic (exact) mass is 495 g/mol. The second-order valence-corrected chi connectivity index (χ2v) is 8.11. The zero-order chi connectivity index (χ0) is 25.1. The molecule has 180 valence electrons. The number of nitrogens with one attached hydrogen (secondary N) is 1. The molecule has 1 atom stereocenters. The van der Waals surface area contributed by atoms with Gasteiger partial charge in [-0.1, -0.05) is 54.9 Å². The fourth-order valence-corrected chi connectivity index (χ4v) is 3.46. The molecule has 0 aromatic heterocycles. The molecule has 0 aliphatic carbocycles. The van der Waals surface area contributed by atoms with Crippen LogP contribution in [0, 0.1) is 0 Å². The van der Waals surface area contributed by atoms with Gasteiger partial charge in [0, 0.05) is 15.8 Å². The number of amides is 1. The predicted molar refractivity (Wildman–Crippen MR) is 120 cm³/mol. The lowest BCUT2D eigenvalue weighted by atomic mass is 9.97. The van der Waals surface area contributed by atoms with E-state index in [-0.39, 0.29) is 35.1 Å². The molecule has 0 fully saturated rings. The van der Waals surface area contributed by atoms with Gasteiger partial charge in [0.05, 0.1) is 5.56 Å². The smallest absolute Gasteiger partial charge is 0.487 e. The summed E-state index contributed by atoms with van der Waals surface area (Å²) in [6.45, 7) is 2.94. The molecule has 2 N–H and O–H groups in total. The number of alkyl halides is 3. The summed E-state index contributed by atoms with van der Waals surface area (Å²) in [5.41, 5.74) is -0.966. The maximum atomic E-state index is 13.1. The Morgan fingerprint density at radius 3 is 2.24 bits per heavy atom. The van der Waals surface area contributed by atoms with Gasteiger partial charge >= 0.3 is 12.3 Å². The third-order valence-electron chi connectivity index (χ3n) is 5.30. The minimum Gasteiger partial charge on any atom is -0.487 e. The quantitative estimate of drug-likeness (QED) is 0.403. The molecule has 0 radical (unpaired) electrons. The normalized spacial score (nSPS) is 13.2. The molecule has 0 bridgehead atoms. The van der Waals surface area contributed by atoms with Crippen LogP contribution in [0.3, 0.4) is 0 Å². The zero-order valence-electron chi connectivity index (χ0n) is 18.2. The molecular weight excluding hydrogens is 475 g/mol. The van der Waals surface area contributed by atoms with Crippen LogP contribution in [-0.2, 0) is 11.4 Å². The highest BCUT2D eigenvalue weighted by Crippen LogP contribution is 2.36. The second kappa shape index (κ2) is 9.80. The molecule has 0 aliphatic rings. The lowest BCUT2D eigenvalue weighted by molar-refractivity contribution is -0.274. The molecule has 0 heterocycles. The number of carbonyl (C=O) groups is 2. The van der Waals surface area contributed by atoms with Gasteiger partial charge < -0.3 is 19.9 Å². The van der Waals surface area contributed by atoms with E-state index < -0.39 is 23.8 Å². The molecule has 10 heteroatoms. The highest BCUT2D eigenvalue weighted by Gasteiger charge is 2.34. The van der Waals surface area contributed by atoms with Crippen LogP contribution in [0.25, 0.3) is 10.8 Å². The van der Waals surface area contributed by atoms with Crippen molar-refractivity contribution >= 4 is 34.2 Å². The Hall–Kier alpha value is -3.46. The number of fused-ring (bicyclic) bond motifs is 1. The summed E-state index contributed by atoms with van der Waals surface area (Å²) in [5.74, 6) is -2.10. The van der Waals surface area contributed by atoms with Crippen molar-refractivity contribution in [3.05, 3.63) is 70.7 Å². The molecule has 0 saturated heterocycles. The molecule has 0 aliphatic heterocycles. The number of halogens is 4. The third kappa shape index (κ3) is 5.72. The number of ether oxygens (including phenoxy) is 2. The molecule has 0 saturated carbocycles. The molecule has 3 aromatic rings. The van der Waals surface area contributed by atoms with Crippen LogP contribution in [0.1, 0.15) is 36.2 Å². The summed E-state index contributed by atoms with van der Waals surface area (Å²) in [6.07, 6.45) is -4.66. The van der Waals surface area contributed by atoms with Crippen molar-refractivity contribution in [3.8, 4) is 11.5 Å². The number of carboxylic acids is 1. The van der Waals surface area contributed by atoms with Crippen LogP contribution in [0.15, 0.2) is 54.6 Å². The van der Waals surface area contributed by atoms with Crippen molar-refractivity contribution in [2.24, 2.45) is 0 Å². The standard InChI is InChI=1S/C24H21ClF3NO5/c1-3-23(2,22(31)32)29-21(30)18-12-19(25)16-6-4-5-7-17(16)20(18)33-13-14-8-10-15(11-9-14)34-24(26,27)28/h4-12H,3,13H2,1-2H3,(H,29,30)(H,31,32). The van der Waals surface area contributed by atoms with Gasteiger partial charge in [-0.25, -0.2) is 4.79 Å². The number of rotatable bonds is 8. The van der Waals surface area contributed by atoms with Crippen LogP contribution in [0.4, 0.5) is 13.2 Å². The van der Waals surface area contributed by atoms with Gasteiger partial charge in [0.25, 0.3) is 5.91 Å². The first-order valence-corrected chi connectivity index (χ1v) is 10.6. The predicted octanol–water partition coefficient (Wildman–Crippen LogP) is 5.95. The summed E-state index contributed by atoms with van der Waals surface area (Å²) in [7, 11) is 0. The number of hydrogen-bond acceptors (Lipinski definition) is 4. The first-order valence-electron chi connectivity index (χ1n) is 10.2. The number of hydrogen-bond donors (Lipinski definition) is 2. The minimum absolute atomic E-state index is 0.0293. The summed E-state index contributed by atoms with van der Waals surface area (Å²) in [5, 5.41) is 13.4. The molecule has 34 heavy (non-hydrogen) atoms. The van der Waals surface area contributed by atoms with E-state index in [1.54, 1.807) is 31.2 Å². The summed E-state index contributed by atoms with van der Waals surface area (Å²) < 4.78 is 46.9. The largest absolute Gasteiger partial charge is 0.573 e. The van der Waals surface area contributed by atoms with Gasteiger partial charge in [-0.15, -0.1) is 13.2 Å². The summed E-state index contributed by atoms with van der Waals surface area (Å²) in [6, 6.07) is 13.4. The average molecular weight is 496 g/mol. The Labute approximate surface area is 198 Å². The maximum Gasteiger partial charge on any atom is 0.573 e. The van der Waals surface area contributed by atoms with Gasteiger partial charge in [-0.3, -0.25) is 4.79 Å². The van der Waals surface area contributed by atoms with Crippen molar-refractivity contribution in [2.75, 3.05) is 0 Å². The Bertz CT molecular complexity index is 1210. The molecule has 6 nitrogen and oxygen atoms in total. The van der Waals surface area contributed by atoms with E-state index in [9.17, 15) is 27.9 Å². The second-order valence-electron chi connectivity index (χ2n) is 7.71. The topological polar surface area (TPSA) is 84.9 Å². The van der Waals surface area contributed by atoms with Crippen molar-refractivity contribution in [3.63, 3.8) is 0 Å². The minimum atomic E-state index is -4.80. The van der Waals surface area contributed by atoms with Gasteiger partial charge in [-0.05, 0) is 37.1 Å². The fraction of sp³-hybridized carbons (Fsp3) is 0.250. The fourth-order valence-electron chi connectivity index (χ4n) is 3.18. The van der Waals surface area contributed by atoms with E-state index in [1.807, 2.05) is 0 Å². The van der Waals surface area contributed by atoms with Gasteiger partial charge in [0.15, 0.2) is 0 Å². The van der Waals surface area contributed by atoms with Crippen molar-refractivity contribution in [1.82, 2.24) is 5.32 Å². The number of aliphatic carboxylic acids is 1. The van der Waals surface area contributed by atoms with Crippen molar-refractivity contribution < 1.29 is 37.3 Å². The Kier molecular flexibility index (Phi) is 7.26. The molecule has 3 aromatic carbocycles. The van der Waals surface area contributed by atoms with E-state index >= 15 is 0 Å². The molecular formula is C24H21ClF3NO5. The van der Waals surface area contributed by atoms with Gasteiger partial charge in [-0.2, -0.15) is 0 Å². The third-order valence-corrected chi connectivity index (χ3v) is 5.61. The molecule has 1 unspecified atom stereocenters. The Balaban J connectivity index is 1.95. The first-order chi connectivity index (χ1) is 15.9. The van der Waals surface area contributed by atoms with Crippen LogP contribution < -0.4 is 14.8 Å². The summed E-state index contributed by atoms with van der Waals surface area (Å²) in [4.78, 5) is 24.7. The lowest BCUT2D eigenvalue weighted by Crippen LogP contribution is -2.51. The van der Waals surface area contributed by atoms with Gasteiger partial charge in [0.2, 0.25) is 0 Å². The summed E-state index contributed by atoms with van der Waals surface area (Å²) >= 11 is 6.38. The van der Waals surface area contributed by atoms with Crippen LogP contribution in [0.2, 0.25) is 5.02 Å². The van der Waals surface area contributed by atoms with E-state index in [0.717, 1.165) is 12.1 Å². The van der Waals surface area contributed by atoms with E-state index in [1.165, 1.54) is 25.1 Å². The first kappa shape index (κ1) is 25.2. The van der Waals surface area contributed by atoms with Gasteiger partial charge in [0.1, 0.15) is 23.6 Å². The number of benzene rings is 3. The Morgan fingerprint density at radius 1 is 1.06 bits per heavy atom. The SMILES string of the molecule is CCC(C)(NC(=O)c1cc(Cl)c2ccccc2c1OCc1ccc(OC(F)(F)F)cc1)C(=O)O. The van der Waals surface area contributed by atoms with Crippen molar-refractivity contribution in [2.45, 2.75) is 38.8 Å². The average Bonchev–Trinajstić information content (AvgIpc) is 2.78. The molecule has 3 rings (SSSR count). The van der Waals surface area contributed by atoms with E-state index in [0.29, 0.717) is 16.3 Å². The molecule has 1 amide bonds. The van der Waals surface area contributed by atoms with Crippen LogP contribution in [-0.4, -0.2) is 28.9 Å². The Morgan fingerprint density at radius 2 is 1.68 bits per heavy atom. The van der Waals surface area contributed by atoms with E-state index in [2.05, 4.69) is 10.1 Å². The van der Waals surface area contributed by atoms with E-state index in [4.69, 9.17) is 16.3 Å². The number of carboxylic acid groups (broad SMARTS) is 1. The van der Waals surface area contributed by atoms with Crippen LogP contribution in [0.5, 0.6) is 11.5 Å². The van der Waals surface area contributed by atoms with Crippen molar-refractivity contribution in [1.29, 1.82) is 0 Å². The van der Waals surface area contributed by atoms with Crippen LogP contribution >= 0.6 is 11.6 Å².